The zero-order chi connectivity index (χ0) is 13.1. The topological polar surface area (TPSA) is 33.2 Å². The summed E-state index contributed by atoms with van der Waals surface area (Å²) in [5, 5.41) is 0.435. The Hall–Kier alpha value is -1.53. The van der Waals surface area contributed by atoms with Gasteiger partial charge in [-0.1, -0.05) is 17.5 Å². The summed E-state index contributed by atoms with van der Waals surface area (Å²) < 4.78 is 0. The van der Waals surface area contributed by atoms with Crippen LogP contribution in [-0.2, 0) is 0 Å². The van der Waals surface area contributed by atoms with Gasteiger partial charge in [0.1, 0.15) is 0 Å². The van der Waals surface area contributed by atoms with E-state index in [1.54, 1.807) is 11.0 Å². The SMILES string of the molecule is C#CCN(CC1CC1)C(=O)c1cnc(C)cc1Cl. The van der Waals surface area contributed by atoms with Gasteiger partial charge in [0.25, 0.3) is 5.91 Å². The molecule has 0 aliphatic heterocycles. The van der Waals surface area contributed by atoms with Gasteiger partial charge in [0.2, 0.25) is 0 Å². The number of carbonyl (C=O) groups excluding carboxylic acids is 1. The van der Waals surface area contributed by atoms with Crippen LogP contribution in [-0.4, -0.2) is 28.9 Å². The highest BCUT2D eigenvalue weighted by Crippen LogP contribution is 2.30. The molecule has 0 spiro atoms. The van der Waals surface area contributed by atoms with Gasteiger partial charge in [-0.15, -0.1) is 6.42 Å². The van der Waals surface area contributed by atoms with Crippen LogP contribution in [0.5, 0.6) is 0 Å². The Labute approximate surface area is 112 Å². The third kappa shape index (κ3) is 3.02. The molecule has 1 aliphatic rings. The van der Waals surface area contributed by atoms with Crippen molar-refractivity contribution < 1.29 is 4.79 Å². The number of hydrogen-bond donors (Lipinski definition) is 0. The van der Waals surface area contributed by atoms with E-state index in [4.69, 9.17) is 18.0 Å². The van der Waals surface area contributed by atoms with Crippen molar-refractivity contribution in [2.75, 3.05) is 13.1 Å². The van der Waals surface area contributed by atoms with Crippen LogP contribution in [0.3, 0.4) is 0 Å². The lowest BCUT2D eigenvalue weighted by Gasteiger charge is -2.20. The summed E-state index contributed by atoms with van der Waals surface area (Å²) in [4.78, 5) is 18.1. The molecular formula is C14H15ClN2O. The number of halogens is 1. The molecule has 0 saturated heterocycles. The van der Waals surface area contributed by atoms with E-state index in [1.807, 2.05) is 6.92 Å². The lowest BCUT2D eigenvalue weighted by Crippen LogP contribution is -2.33. The first-order valence-corrected chi connectivity index (χ1v) is 6.34. The molecule has 1 saturated carbocycles. The summed E-state index contributed by atoms with van der Waals surface area (Å²) >= 11 is 6.08. The summed E-state index contributed by atoms with van der Waals surface area (Å²) in [6.07, 6.45) is 9.18. The largest absolute Gasteiger partial charge is 0.327 e. The summed E-state index contributed by atoms with van der Waals surface area (Å²) in [6, 6.07) is 1.69. The number of nitrogens with zero attached hydrogens (tertiary/aromatic N) is 2. The maximum atomic E-state index is 12.3. The van der Waals surface area contributed by atoms with E-state index in [0.717, 1.165) is 5.69 Å². The van der Waals surface area contributed by atoms with Crippen molar-refractivity contribution in [2.24, 2.45) is 5.92 Å². The standard InChI is InChI=1S/C14H15ClN2O/c1-3-6-17(9-11-4-5-11)14(18)12-8-16-10(2)7-13(12)15/h1,7-8,11H,4-6,9H2,2H3. The first-order valence-electron chi connectivity index (χ1n) is 5.96. The summed E-state index contributed by atoms with van der Waals surface area (Å²) in [7, 11) is 0. The summed E-state index contributed by atoms with van der Waals surface area (Å²) in [6.45, 7) is 2.87. The Morgan fingerprint density at radius 3 is 2.94 bits per heavy atom. The molecule has 4 heteroatoms. The van der Waals surface area contributed by atoms with Gasteiger partial charge in [0.15, 0.2) is 0 Å². The van der Waals surface area contributed by atoms with Crippen molar-refractivity contribution >= 4 is 17.5 Å². The van der Waals surface area contributed by atoms with Gasteiger partial charge in [0.05, 0.1) is 17.1 Å². The third-order valence-electron chi connectivity index (χ3n) is 2.97. The monoisotopic (exact) mass is 262 g/mol. The van der Waals surface area contributed by atoms with Crippen LogP contribution in [0.1, 0.15) is 28.9 Å². The van der Waals surface area contributed by atoms with Crippen molar-refractivity contribution in [1.29, 1.82) is 0 Å². The number of aromatic nitrogens is 1. The summed E-state index contributed by atoms with van der Waals surface area (Å²) in [5.74, 6) is 2.99. The number of carbonyl (C=O) groups is 1. The van der Waals surface area contributed by atoms with E-state index in [9.17, 15) is 4.79 Å². The first-order chi connectivity index (χ1) is 8.61. The lowest BCUT2D eigenvalue weighted by atomic mass is 10.2. The minimum Gasteiger partial charge on any atom is -0.327 e. The van der Waals surface area contributed by atoms with Crippen LogP contribution in [0.25, 0.3) is 0 Å². The van der Waals surface area contributed by atoms with Crippen LogP contribution in [0.2, 0.25) is 5.02 Å². The Balaban J connectivity index is 2.18. The fraction of sp³-hybridized carbons (Fsp3) is 0.429. The lowest BCUT2D eigenvalue weighted by molar-refractivity contribution is 0.0769. The van der Waals surface area contributed by atoms with Crippen molar-refractivity contribution in [3.63, 3.8) is 0 Å². The molecule has 0 N–H and O–H groups in total. The predicted molar refractivity (Wildman–Crippen MR) is 71.4 cm³/mol. The highest BCUT2D eigenvalue weighted by molar-refractivity contribution is 6.33. The Morgan fingerprint density at radius 2 is 2.39 bits per heavy atom. The highest BCUT2D eigenvalue weighted by atomic mass is 35.5. The molecule has 0 aromatic carbocycles. The zero-order valence-electron chi connectivity index (χ0n) is 10.3. The van der Waals surface area contributed by atoms with Gasteiger partial charge in [0, 0.05) is 18.4 Å². The molecule has 2 rings (SSSR count). The first kappa shape index (κ1) is 12.9. The normalized spacial score (nSPS) is 14.1. The Kier molecular flexibility index (Phi) is 3.88. The number of aryl methyl sites for hydroxylation is 1. The van der Waals surface area contributed by atoms with Crippen molar-refractivity contribution in [3.8, 4) is 12.3 Å². The van der Waals surface area contributed by atoms with E-state index in [0.29, 0.717) is 29.6 Å². The molecule has 1 aromatic rings. The highest BCUT2D eigenvalue weighted by Gasteiger charge is 2.27. The predicted octanol–water partition coefficient (Wildman–Crippen LogP) is 2.53. The molecule has 1 aliphatic carbocycles. The average molecular weight is 263 g/mol. The number of pyridine rings is 1. The maximum absolute atomic E-state index is 12.3. The number of hydrogen-bond acceptors (Lipinski definition) is 2. The molecule has 1 heterocycles. The van der Waals surface area contributed by atoms with Crippen LogP contribution >= 0.6 is 11.6 Å². The maximum Gasteiger partial charge on any atom is 0.257 e. The minimum absolute atomic E-state index is 0.127. The molecule has 0 bridgehead atoms. The molecule has 1 amide bonds. The van der Waals surface area contributed by atoms with Crippen molar-refractivity contribution in [1.82, 2.24) is 9.88 Å². The van der Waals surface area contributed by atoms with E-state index in [1.165, 1.54) is 19.0 Å². The second-order valence-electron chi connectivity index (χ2n) is 4.64. The molecule has 94 valence electrons. The molecule has 1 fully saturated rings. The van der Waals surface area contributed by atoms with Crippen LogP contribution < -0.4 is 0 Å². The number of amides is 1. The molecular weight excluding hydrogens is 248 g/mol. The summed E-state index contributed by atoms with van der Waals surface area (Å²) in [5.41, 5.74) is 1.22. The van der Waals surface area contributed by atoms with E-state index in [2.05, 4.69) is 10.9 Å². The fourth-order valence-electron chi connectivity index (χ4n) is 1.80. The molecule has 18 heavy (non-hydrogen) atoms. The quantitative estimate of drug-likeness (QED) is 0.782. The average Bonchev–Trinajstić information content (AvgIpc) is 3.11. The van der Waals surface area contributed by atoms with Crippen molar-refractivity contribution in [3.05, 3.63) is 28.5 Å². The second kappa shape index (κ2) is 5.41. The van der Waals surface area contributed by atoms with Gasteiger partial charge < -0.3 is 4.90 Å². The van der Waals surface area contributed by atoms with E-state index in [-0.39, 0.29) is 5.91 Å². The van der Waals surface area contributed by atoms with E-state index >= 15 is 0 Å². The van der Waals surface area contributed by atoms with Gasteiger partial charge in [-0.2, -0.15) is 0 Å². The van der Waals surface area contributed by atoms with Gasteiger partial charge >= 0.3 is 0 Å². The second-order valence-corrected chi connectivity index (χ2v) is 5.05. The van der Waals surface area contributed by atoms with Gasteiger partial charge in [-0.05, 0) is 31.7 Å². The van der Waals surface area contributed by atoms with Crippen LogP contribution in [0.15, 0.2) is 12.3 Å². The molecule has 0 unspecified atom stereocenters. The van der Waals surface area contributed by atoms with Gasteiger partial charge in [-0.3, -0.25) is 9.78 Å². The Morgan fingerprint density at radius 1 is 1.67 bits per heavy atom. The molecule has 0 radical (unpaired) electrons. The number of rotatable bonds is 4. The van der Waals surface area contributed by atoms with E-state index < -0.39 is 0 Å². The third-order valence-corrected chi connectivity index (χ3v) is 3.28. The fourth-order valence-corrected chi connectivity index (χ4v) is 2.08. The van der Waals surface area contributed by atoms with Crippen LogP contribution in [0.4, 0.5) is 0 Å². The number of terminal acetylenes is 1. The zero-order valence-corrected chi connectivity index (χ0v) is 11.1. The molecule has 1 aromatic heterocycles. The molecule has 0 atom stereocenters. The van der Waals surface area contributed by atoms with Crippen LogP contribution in [0, 0.1) is 25.2 Å². The molecule has 3 nitrogen and oxygen atoms in total. The van der Waals surface area contributed by atoms with Crippen molar-refractivity contribution in [2.45, 2.75) is 19.8 Å². The minimum atomic E-state index is -0.127. The Bertz CT molecular complexity index is 503. The van der Waals surface area contributed by atoms with Gasteiger partial charge in [-0.25, -0.2) is 0 Å². The smallest absolute Gasteiger partial charge is 0.257 e.